The van der Waals surface area contributed by atoms with Gasteiger partial charge in [0.1, 0.15) is 0 Å². The Morgan fingerprint density at radius 3 is 2.45 bits per heavy atom. The van der Waals surface area contributed by atoms with E-state index in [4.69, 9.17) is 4.43 Å². The lowest BCUT2D eigenvalue weighted by Crippen LogP contribution is -2.55. The Morgan fingerprint density at radius 1 is 1.10 bits per heavy atom. The smallest absolute Gasteiger partial charge is 0.192 e. The SMILES string of the molecule is CC1CC[C@H]2[C@@H]3CC=C4CC(O[Si](C)(C)C(C)(C)C)C(O)C[C@]4(C)[C@@H]3CC[C@]12C. The van der Waals surface area contributed by atoms with Crippen molar-refractivity contribution in [3.63, 3.8) is 0 Å². The van der Waals surface area contributed by atoms with Crippen LogP contribution in [0.25, 0.3) is 0 Å². The van der Waals surface area contributed by atoms with Gasteiger partial charge in [0.25, 0.3) is 0 Å². The molecule has 29 heavy (non-hydrogen) atoms. The molecule has 0 aliphatic heterocycles. The molecule has 0 aromatic carbocycles. The monoisotopic (exact) mass is 418 g/mol. The lowest BCUT2D eigenvalue weighted by Gasteiger charge is -2.59. The molecule has 0 bridgehead atoms. The van der Waals surface area contributed by atoms with Crippen molar-refractivity contribution in [2.75, 3.05) is 0 Å². The molecule has 3 saturated carbocycles. The van der Waals surface area contributed by atoms with E-state index in [1.165, 1.54) is 32.1 Å². The summed E-state index contributed by atoms with van der Waals surface area (Å²) in [7, 11) is -1.87. The van der Waals surface area contributed by atoms with E-state index in [0.717, 1.165) is 36.5 Å². The summed E-state index contributed by atoms with van der Waals surface area (Å²) in [5.74, 6) is 3.36. The van der Waals surface area contributed by atoms with Gasteiger partial charge in [0.2, 0.25) is 0 Å². The van der Waals surface area contributed by atoms with Gasteiger partial charge in [-0.25, -0.2) is 0 Å². The molecular formula is C26H46O2Si. The number of aliphatic hydroxyl groups is 1. The Bertz CT molecular complexity index is 677. The molecule has 0 amide bonds. The van der Waals surface area contributed by atoms with Gasteiger partial charge in [0.05, 0.1) is 12.2 Å². The van der Waals surface area contributed by atoms with Gasteiger partial charge >= 0.3 is 0 Å². The van der Waals surface area contributed by atoms with Crippen LogP contribution in [0.3, 0.4) is 0 Å². The highest BCUT2D eigenvalue weighted by Crippen LogP contribution is 2.66. The second-order valence-corrected chi connectivity index (χ2v) is 17.9. The van der Waals surface area contributed by atoms with Crippen molar-refractivity contribution in [3.05, 3.63) is 11.6 Å². The minimum absolute atomic E-state index is 0.00729. The van der Waals surface area contributed by atoms with E-state index in [9.17, 15) is 5.11 Å². The molecule has 3 unspecified atom stereocenters. The number of hydrogen-bond donors (Lipinski definition) is 1. The summed E-state index contributed by atoms with van der Waals surface area (Å²) < 4.78 is 6.73. The van der Waals surface area contributed by atoms with Gasteiger partial charge < -0.3 is 9.53 Å². The molecule has 0 spiro atoms. The van der Waals surface area contributed by atoms with Gasteiger partial charge in [-0.15, -0.1) is 0 Å². The number of aliphatic hydroxyl groups excluding tert-OH is 1. The highest BCUT2D eigenvalue weighted by Gasteiger charge is 2.59. The Kier molecular flexibility index (Phi) is 5.28. The van der Waals surface area contributed by atoms with Crippen molar-refractivity contribution in [3.8, 4) is 0 Å². The van der Waals surface area contributed by atoms with Crippen molar-refractivity contribution in [2.24, 2.45) is 34.5 Å². The van der Waals surface area contributed by atoms with Crippen LogP contribution in [0.5, 0.6) is 0 Å². The quantitative estimate of drug-likeness (QED) is 0.388. The van der Waals surface area contributed by atoms with E-state index < -0.39 is 8.32 Å². The van der Waals surface area contributed by atoms with Crippen LogP contribution in [0.4, 0.5) is 0 Å². The van der Waals surface area contributed by atoms with Crippen LogP contribution in [0.1, 0.15) is 86.5 Å². The van der Waals surface area contributed by atoms with Gasteiger partial charge in [-0.3, -0.25) is 0 Å². The molecule has 3 heteroatoms. The van der Waals surface area contributed by atoms with Crippen molar-refractivity contribution >= 4 is 8.32 Å². The van der Waals surface area contributed by atoms with Crippen LogP contribution in [-0.4, -0.2) is 25.6 Å². The highest BCUT2D eigenvalue weighted by atomic mass is 28.4. The third kappa shape index (κ3) is 3.33. The first kappa shape index (κ1) is 22.1. The molecule has 0 saturated heterocycles. The van der Waals surface area contributed by atoms with E-state index >= 15 is 0 Å². The summed E-state index contributed by atoms with van der Waals surface area (Å²) in [5.41, 5.74) is 2.36. The molecule has 1 N–H and O–H groups in total. The minimum atomic E-state index is -1.87. The minimum Gasteiger partial charge on any atom is -0.411 e. The molecule has 0 radical (unpaired) electrons. The van der Waals surface area contributed by atoms with Crippen molar-refractivity contribution < 1.29 is 9.53 Å². The molecule has 0 aromatic heterocycles. The second kappa shape index (κ2) is 6.94. The van der Waals surface area contributed by atoms with E-state index in [1.807, 2.05) is 0 Å². The van der Waals surface area contributed by atoms with Crippen molar-refractivity contribution in [1.82, 2.24) is 0 Å². The summed E-state index contributed by atoms with van der Waals surface area (Å²) in [6.45, 7) is 19.1. The van der Waals surface area contributed by atoms with Crippen LogP contribution in [0.2, 0.25) is 18.1 Å². The molecule has 4 rings (SSSR count). The zero-order chi connectivity index (χ0) is 21.4. The normalized spacial score (nSPS) is 47.8. The average molecular weight is 419 g/mol. The van der Waals surface area contributed by atoms with E-state index in [0.29, 0.717) is 5.41 Å². The zero-order valence-electron chi connectivity index (χ0n) is 20.3. The number of fused-ring (bicyclic) bond motifs is 5. The summed E-state index contributed by atoms with van der Waals surface area (Å²) in [5, 5.41) is 11.4. The van der Waals surface area contributed by atoms with Crippen molar-refractivity contribution in [2.45, 2.75) is 117 Å². The zero-order valence-corrected chi connectivity index (χ0v) is 21.3. The summed E-state index contributed by atoms with van der Waals surface area (Å²) in [4.78, 5) is 0. The van der Waals surface area contributed by atoms with Gasteiger partial charge in [-0.05, 0) is 97.6 Å². The first-order chi connectivity index (χ1) is 13.3. The fourth-order valence-electron chi connectivity index (χ4n) is 7.61. The second-order valence-electron chi connectivity index (χ2n) is 13.2. The Balaban J connectivity index is 1.57. The fourth-order valence-corrected chi connectivity index (χ4v) is 8.96. The third-order valence-corrected chi connectivity index (χ3v) is 15.3. The first-order valence-electron chi connectivity index (χ1n) is 12.3. The average Bonchev–Trinajstić information content (AvgIpc) is 2.90. The van der Waals surface area contributed by atoms with Gasteiger partial charge in [-0.2, -0.15) is 0 Å². The maximum Gasteiger partial charge on any atom is 0.192 e. The van der Waals surface area contributed by atoms with Crippen LogP contribution < -0.4 is 0 Å². The number of rotatable bonds is 2. The third-order valence-electron chi connectivity index (χ3n) is 10.8. The predicted octanol–water partition coefficient (Wildman–Crippen LogP) is 6.95. The van der Waals surface area contributed by atoms with Gasteiger partial charge in [-0.1, -0.05) is 53.2 Å². The number of allylic oxidation sites excluding steroid dienone is 1. The molecule has 4 aliphatic carbocycles. The van der Waals surface area contributed by atoms with Crippen LogP contribution in [-0.2, 0) is 4.43 Å². The molecule has 2 nitrogen and oxygen atoms in total. The topological polar surface area (TPSA) is 29.5 Å². The standard InChI is InChI=1S/C26H46O2Si/c1-17-9-12-20-19-11-10-18-15-23(28-29(7,8)24(2,3)4)22(27)16-26(18,6)21(19)13-14-25(17,20)5/h10,17,19-23,27H,9,11-16H2,1-8H3/t17?,19-,20-,21+,22?,23?,25+,26-/m0/s1. The lowest BCUT2D eigenvalue weighted by molar-refractivity contribution is -0.0815. The Labute approximate surface area is 181 Å². The van der Waals surface area contributed by atoms with E-state index in [1.54, 1.807) is 5.57 Å². The van der Waals surface area contributed by atoms with Crippen LogP contribution >= 0.6 is 0 Å². The largest absolute Gasteiger partial charge is 0.411 e. The lowest BCUT2D eigenvalue weighted by atomic mass is 9.47. The molecule has 0 heterocycles. The summed E-state index contributed by atoms with van der Waals surface area (Å²) in [6.07, 6.45) is 11.0. The molecule has 0 aromatic rings. The van der Waals surface area contributed by atoms with E-state index in [-0.39, 0.29) is 22.7 Å². The molecule has 3 fully saturated rings. The van der Waals surface area contributed by atoms with Gasteiger partial charge in [0.15, 0.2) is 8.32 Å². The Morgan fingerprint density at radius 2 is 1.79 bits per heavy atom. The molecule has 4 aliphatic rings. The van der Waals surface area contributed by atoms with Gasteiger partial charge in [0, 0.05) is 0 Å². The fraction of sp³-hybridized carbons (Fsp3) is 0.923. The molecule has 8 atom stereocenters. The van der Waals surface area contributed by atoms with E-state index in [2.05, 4.69) is 60.7 Å². The predicted molar refractivity (Wildman–Crippen MR) is 124 cm³/mol. The maximum absolute atomic E-state index is 11.2. The van der Waals surface area contributed by atoms with Crippen LogP contribution in [0, 0.1) is 34.5 Å². The highest BCUT2D eigenvalue weighted by molar-refractivity contribution is 6.74. The summed E-state index contributed by atoms with van der Waals surface area (Å²) >= 11 is 0. The maximum atomic E-state index is 11.2. The van der Waals surface area contributed by atoms with Crippen molar-refractivity contribution in [1.29, 1.82) is 0 Å². The van der Waals surface area contributed by atoms with Crippen LogP contribution in [0.15, 0.2) is 11.6 Å². The first-order valence-corrected chi connectivity index (χ1v) is 15.3. The molecular weight excluding hydrogens is 372 g/mol. The number of hydrogen-bond acceptors (Lipinski definition) is 2. The Hall–Kier alpha value is -0.123. The molecule has 166 valence electrons. The summed E-state index contributed by atoms with van der Waals surface area (Å²) in [6, 6.07) is 0.